The number of phosphoric ester groups is 2. The number of carbonyl (C=O) groups is 4. The number of unbranched alkanes of at least 4 members (excludes halogenated alkanes) is 52. The van der Waals surface area contributed by atoms with E-state index in [1.165, 1.54) is 250 Å². The fraction of sp³-hybridized carbons (Fsp3) is 0.950. The first-order valence-electron chi connectivity index (χ1n) is 41.6. The fourth-order valence-corrected chi connectivity index (χ4v) is 14.0. The Morgan fingerprint density at radius 1 is 0.273 bits per heavy atom. The molecule has 0 aliphatic rings. The van der Waals surface area contributed by atoms with Gasteiger partial charge in [-0.3, -0.25) is 37.3 Å². The summed E-state index contributed by atoms with van der Waals surface area (Å²) in [5.74, 6) is -1.34. The highest BCUT2D eigenvalue weighted by molar-refractivity contribution is 7.47. The molecule has 19 heteroatoms. The van der Waals surface area contributed by atoms with Crippen LogP contribution in [0.5, 0.6) is 0 Å². The first-order chi connectivity index (χ1) is 48.0. The molecule has 588 valence electrons. The third kappa shape index (κ3) is 74.1. The molecule has 0 aliphatic carbocycles. The van der Waals surface area contributed by atoms with Crippen LogP contribution in [0.1, 0.15) is 426 Å². The number of hydrogen-bond donors (Lipinski definition) is 3. The molecule has 0 spiro atoms. The summed E-state index contributed by atoms with van der Waals surface area (Å²) in [6.07, 6.45) is 63.8. The summed E-state index contributed by atoms with van der Waals surface area (Å²) in [5.41, 5.74) is 0. The van der Waals surface area contributed by atoms with E-state index in [9.17, 15) is 43.2 Å². The Bertz CT molecular complexity index is 1890. The average Bonchev–Trinajstić information content (AvgIpc) is 1.39. The van der Waals surface area contributed by atoms with Crippen molar-refractivity contribution in [2.24, 2.45) is 5.92 Å². The highest BCUT2D eigenvalue weighted by Crippen LogP contribution is 2.45. The van der Waals surface area contributed by atoms with Crippen molar-refractivity contribution in [3.8, 4) is 0 Å². The third-order valence-corrected chi connectivity index (χ3v) is 20.7. The molecule has 0 rings (SSSR count). The van der Waals surface area contributed by atoms with Crippen molar-refractivity contribution in [3.63, 3.8) is 0 Å². The van der Waals surface area contributed by atoms with Gasteiger partial charge >= 0.3 is 39.5 Å². The Morgan fingerprint density at radius 2 is 0.465 bits per heavy atom. The SMILES string of the molecule is CCCCCCCCCCCCCCCCCCCCC(=O)O[C@H](COC(=O)CCCCCCCCCCCCCCCCCCC)COP(=O)(O)OC[C@@H](O)COP(=O)(O)OC[C@@H](COC(=O)CCCCCCCCCCCC)OC(=O)CCCCCCCCCCCCCC(C)C. The molecule has 99 heavy (non-hydrogen) atoms. The molecule has 0 bridgehead atoms. The third-order valence-electron chi connectivity index (χ3n) is 18.8. The molecule has 0 aromatic heterocycles. The molecule has 0 aromatic rings. The van der Waals surface area contributed by atoms with E-state index >= 15 is 0 Å². The Kier molecular flexibility index (Phi) is 71.6. The number of carbonyl (C=O) groups excluding carboxylic acids is 4. The maximum Gasteiger partial charge on any atom is 0.472 e. The number of aliphatic hydroxyl groups excluding tert-OH is 1. The second-order valence-corrected chi connectivity index (χ2v) is 32.2. The zero-order chi connectivity index (χ0) is 72.7. The quantitative estimate of drug-likeness (QED) is 0.0222. The maximum absolute atomic E-state index is 13.1. The Hall–Kier alpha value is -1.94. The smallest absolute Gasteiger partial charge is 0.462 e. The van der Waals surface area contributed by atoms with E-state index < -0.39 is 97.5 Å². The van der Waals surface area contributed by atoms with Gasteiger partial charge in [-0.1, -0.05) is 375 Å². The van der Waals surface area contributed by atoms with Crippen LogP contribution in [0.3, 0.4) is 0 Å². The predicted octanol–water partition coefficient (Wildman–Crippen LogP) is 24.0. The van der Waals surface area contributed by atoms with Crippen LogP contribution < -0.4 is 0 Å². The van der Waals surface area contributed by atoms with Crippen LogP contribution in [0.2, 0.25) is 0 Å². The molecule has 0 amide bonds. The number of ether oxygens (including phenoxy) is 4. The number of rotatable bonds is 80. The second kappa shape index (κ2) is 73.0. The van der Waals surface area contributed by atoms with Gasteiger partial charge in [0, 0.05) is 25.7 Å². The van der Waals surface area contributed by atoms with Crippen molar-refractivity contribution >= 4 is 39.5 Å². The first-order valence-corrected chi connectivity index (χ1v) is 44.6. The van der Waals surface area contributed by atoms with Gasteiger partial charge in [-0.25, -0.2) is 9.13 Å². The van der Waals surface area contributed by atoms with Crippen LogP contribution in [0.4, 0.5) is 0 Å². The van der Waals surface area contributed by atoms with Gasteiger partial charge < -0.3 is 33.8 Å². The summed E-state index contributed by atoms with van der Waals surface area (Å²) in [6, 6.07) is 0. The standard InChI is InChI=1S/C80H156O17P2/c1-6-9-12-15-18-21-24-26-28-30-32-34-36-40-45-50-55-60-65-79(84)96-76(70-91-78(83)64-59-54-49-44-39-35-33-31-29-27-25-22-19-16-13-10-7-2)72-95-99(88,89)93-68-74(81)67-92-98(86,87)94-71-75(69-90-77(82)63-58-53-48-43-23-20-17-14-11-8-3)97-80(85)66-61-56-51-46-41-37-38-42-47-52-57-62-73(4)5/h73-76,81H,6-72H2,1-5H3,(H,86,87)(H,88,89)/t74-,75+,76+/m0/s1. The zero-order valence-electron chi connectivity index (χ0n) is 64.6. The molecule has 0 saturated carbocycles. The van der Waals surface area contributed by atoms with Crippen LogP contribution in [0.25, 0.3) is 0 Å². The number of hydrogen-bond acceptors (Lipinski definition) is 15. The van der Waals surface area contributed by atoms with Gasteiger partial charge in [0.2, 0.25) is 0 Å². The topological polar surface area (TPSA) is 237 Å². The van der Waals surface area contributed by atoms with Crippen molar-refractivity contribution < 1.29 is 80.2 Å². The highest BCUT2D eigenvalue weighted by atomic mass is 31.2. The summed E-state index contributed by atoms with van der Waals surface area (Å²) in [7, 11) is -9.92. The molecule has 3 N–H and O–H groups in total. The number of esters is 4. The van der Waals surface area contributed by atoms with E-state index in [1.54, 1.807) is 0 Å². The summed E-state index contributed by atoms with van der Waals surface area (Å²) in [6.45, 7) is 7.32. The molecule has 0 aliphatic heterocycles. The molecular weight excluding hydrogens is 1290 g/mol. The lowest BCUT2D eigenvalue weighted by Gasteiger charge is -2.21. The van der Waals surface area contributed by atoms with Gasteiger partial charge in [0.15, 0.2) is 12.2 Å². The zero-order valence-corrected chi connectivity index (χ0v) is 66.4. The molecule has 0 fully saturated rings. The molecule has 0 heterocycles. The van der Waals surface area contributed by atoms with Crippen LogP contribution in [-0.2, 0) is 65.4 Å². The predicted molar refractivity (Wildman–Crippen MR) is 405 cm³/mol. The summed E-state index contributed by atoms with van der Waals surface area (Å²) in [5, 5.41) is 10.6. The Morgan fingerprint density at radius 3 is 0.687 bits per heavy atom. The van der Waals surface area contributed by atoms with E-state index in [0.717, 1.165) is 95.8 Å². The normalized spacial score (nSPS) is 13.9. The van der Waals surface area contributed by atoms with E-state index in [-0.39, 0.29) is 25.7 Å². The van der Waals surface area contributed by atoms with Crippen LogP contribution in [0.15, 0.2) is 0 Å². The van der Waals surface area contributed by atoms with E-state index in [0.29, 0.717) is 25.7 Å². The summed E-state index contributed by atoms with van der Waals surface area (Å²) >= 11 is 0. The van der Waals surface area contributed by atoms with Gasteiger partial charge in [-0.05, 0) is 31.6 Å². The van der Waals surface area contributed by atoms with Gasteiger partial charge in [-0.2, -0.15) is 0 Å². The molecule has 0 saturated heterocycles. The lowest BCUT2D eigenvalue weighted by Crippen LogP contribution is -2.30. The minimum Gasteiger partial charge on any atom is -0.462 e. The van der Waals surface area contributed by atoms with Crippen molar-refractivity contribution in [2.45, 2.75) is 445 Å². The molecule has 5 atom stereocenters. The van der Waals surface area contributed by atoms with Crippen LogP contribution >= 0.6 is 15.6 Å². The van der Waals surface area contributed by atoms with Crippen molar-refractivity contribution in [1.82, 2.24) is 0 Å². The number of phosphoric acid groups is 2. The molecule has 17 nitrogen and oxygen atoms in total. The molecule has 0 aromatic carbocycles. The van der Waals surface area contributed by atoms with E-state index in [4.69, 9.17) is 37.0 Å². The van der Waals surface area contributed by atoms with E-state index in [2.05, 4.69) is 34.6 Å². The van der Waals surface area contributed by atoms with Crippen molar-refractivity contribution in [1.29, 1.82) is 0 Å². The summed E-state index contributed by atoms with van der Waals surface area (Å²) < 4.78 is 68.7. The van der Waals surface area contributed by atoms with Crippen LogP contribution in [-0.4, -0.2) is 96.7 Å². The monoisotopic (exact) mass is 1450 g/mol. The second-order valence-electron chi connectivity index (χ2n) is 29.3. The minimum absolute atomic E-state index is 0.107. The minimum atomic E-state index is -4.96. The molecular formula is C80H156O17P2. The van der Waals surface area contributed by atoms with Gasteiger partial charge in [0.1, 0.15) is 19.3 Å². The molecule has 2 unspecified atom stereocenters. The van der Waals surface area contributed by atoms with Gasteiger partial charge in [-0.15, -0.1) is 0 Å². The Labute approximate surface area is 607 Å². The number of aliphatic hydroxyl groups is 1. The lowest BCUT2D eigenvalue weighted by molar-refractivity contribution is -0.161. The Balaban J connectivity index is 5.24. The fourth-order valence-electron chi connectivity index (χ4n) is 12.4. The first kappa shape index (κ1) is 97.1. The van der Waals surface area contributed by atoms with Gasteiger partial charge in [0.25, 0.3) is 0 Å². The van der Waals surface area contributed by atoms with Crippen molar-refractivity contribution in [3.05, 3.63) is 0 Å². The highest BCUT2D eigenvalue weighted by Gasteiger charge is 2.30. The maximum atomic E-state index is 13.1. The summed E-state index contributed by atoms with van der Waals surface area (Å²) in [4.78, 5) is 73.0. The van der Waals surface area contributed by atoms with Gasteiger partial charge in [0.05, 0.1) is 26.4 Å². The van der Waals surface area contributed by atoms with Crippen molar-refractivity contribution in [2.75, 3.05) is 39.6 Å². The lowest BCUT2D eigenvalue weighted by atomic mass is 10.0. The average molecular weight is 1450 g/mol. The van der Waals surface area contributed by atoms with E-state index in [1.807, 2.05) is 0 Å². The van der Waals surface area contributed by atoms with Crippen LogP contribution in [0, 0.1) is 5.92 Å². The molecule has 0 radical (unpaired) electrons. The largest absolute Gasteiger partial charge is 0.472 e.